The van der Waals surface area contributed by atoms with Crippen molar-refractivity contribution in [3.63, 3.8) is 0 Å². The molecule has 1 saturated heterocycles. The maximum Gasteiger partial charge on any atom is 0.268 e. The molecule has 0 radical (unpaired) electrons. The summed E-state index contributed by atoms with van der Waals surface area (Å²) in [5.41, 5.74) is 2.14. The molecule has 0 N–H and O–H groups in total. The second kappa shape index (κ2) is 5.49. The Morgan fingerprint density at radius 3 is 2.64 bits per heavy atom. The summed E-state index contributed by atoms with van der Waals surface area (Å²) < 4.78 is 2.88. The molecule has 114 valence electrons. The smallest absolute Gasteiger partial charge is 0.268 e. The molecule has 0 bridgehead atoms. The van der Waals surface area contributed by atoms with Crippen molar-refractivity contribution in [1.82, 2.24) is 9.47 Å². The van der Waals surface area contributed by atoms with Crippen molar-refractivity contribution in [3.8, 4) is 0 Å². The number of thiazole rings is 1. The molecule has 0 spiro atoms. The van der Waals surface area contributed by atoms with Crippen LogP contribution in [0.5, 0.6) is 0 Å². The van der Waals surface area contributed by atoms with E-state index in [0.717, 1.165) is 20.7 Å². The van der Waals surface area contributed by atoms with Crippen LogP contribution >= 0.6 is 11.3 Å². The van der Waals surface area contributed by atoms with Crippen molar-refractivity contribution in [2.75, 3.05) is 6.54 Å². The van der Waals surface area contributed by atoms with Gasteiger partial charge in [-0.1, -0.05) is 17.4 Å². The Morgan fingerprint density at radius 1 is 1.27 bits per heavy atom. The first-order valence-electron chi connectivity index (χ1n) is 6.92. The summed E-state index contributed by atoms with van der Waals surface area (Å²) in [6, 6.07) is 6.03. The molecule has 3 rings (SSSR count). The predicted molar refractivity (Wildman–Crippen MR) is 82.1 cm³/mol. The van der Waals surface area contributed by atoms with Crippen LogP contribution in [0.2, 0.25) is 0 Å². The number of amides is 3. The van der Waals surface area contributed by atoms with Gasteiger partial charge in [-0.05, 0) is 24.6 Å². The highest BCUT2D eigenvalue weighted by molar-refractivity contribution is 7.16. The van der Waals surface area contributed by atoms with E-state index in [-0.39, 0.29) is 31.2 Å². The standard InChI is InChI=1S/C15H15N3O3S/c1-9-3-4-10-11(7-9)22-15(17(10)2)16-12(19)8-18-13(20)5-6-14(18)21/h3-4,7H,5-6,8H2,1-2H3. The molecule has 1 aromatic heterocycles. The Morgan fingerprint density at radius 2 is 1.95 bits per heavy atom. The monoisotopic (exact) mass is 317 g/mol. The molecular formula is C15H15N3O3S. The Balaban J connectivity index is 1.91. The first kappa shape index (κ1) is 14.6. The second-order valence-electron chi connectivity index (χ2n) is 5.29. The van der Waals surface area contributed by atoms with E-state index in [4.69, 9.17) is 0 Å². The molecule has 0 aliphatic carbocycles. The number of likely N-dealkylation sites (tertiary alicyclic amines) is 1. The minimum Gasteiger partial charge on any atom is -0.319 e. The minimum absolute atomic E-state index is 0.183. The van der Waals surface area contributed by atoms with Gasteiger partial charge in [0.15, 0.2) is 4.80 Å². The van der Waals surface area contributed by atoms with Crippen molar-refractivity contribution in [2.45, 2.75) is 19.8 Å². The fraction of sp³-hybridized carbons (Fsp3) is 0.333. The number of aromatic nitrogens is 1. The van der Waals surface area contributed by atoms with Crippen LogP contribution < -0.4 is 4.80 Å². The molecule has 0 unspecified atom stereocenters. The molecule has 2 heterocycles. The quantitative estimate of drug-likeness (QED) is 0.779. The van der Waals surface area contributed by atoms with Crippen molar-refractivity contribution in [1.29, 1.82) is 0 Å². The topological polar surface area (TPSA) is 71.7 Å². The summed E-state index contributed by atoms with van der Waals surface area (Å²) in [6.45, 7) is 1.73. The van der Waals surface area contributed by atoms with Crippen LogP contribution in [0.4, 0.5) is 0 Å². The zero-order valence-corrected chi connectivity index (χ0v) is 13.1. The van der Waals surface area contributed by atoms with Crippen molar-refractivity contribution >= 4 is 39.3 Å². The molecule has 7 heteroatoms. The molecule has 22 heavy (non-hydrogen) atoms. The van der Waals surface area contributed by atoms with Gasteiger partial charge in [0.1, 0.15) is 6.54 Å². The van der Waals surface area contributed by atoms with Gasteiger partial charge in [0.25, 0.3) is 5.91 Å². The summed E-state index contributed by atoms with van der Waals surface area (Å²) in [4.78, 5) is 40.7. The van der Waals surface area contributed by atoms with E-state index in [2.05, 4.69) is 4.99 Å². The molecule has 2 aromatic rings. The number of rotatable bonds is 2. The van der Waals surface area contributed by atoms with Gasteiger partial charge in [0, 0.05) is 19.9 Å². The highest BCUT2D eigenvalue weighted by Crippen LogP contribution is 2.18. The lowest BCUT2D eigenvalue weighted by molar-refractivity contribution is -0.141. The lowest BCUT2D eigenvalue weighted by Crippen LogP contribution is -2.34. The maximum atomic E-state index is 12.0. The largest absolute Gasteiger partial charge is 0.319 e. The van der Waals surface area contributed by atoms with Crippen LogP contribution in [-0.2, 0) is 21.4 Å². The van der Waals surface area contributed by atoms with Crippen molar-refractivity contribution < 1.29 is 14.4 Å². The van der Waals surface area contributed by atoms with E-state index in [1.54, 1.807) is 0 Å². The summed E-state index contributed by atoms with van der Waals surface area (Å²) in [7, 11) is 1.84. The molecule has 1 aliphatic heterocycles. The third kappa shape index (κ3) is 2.59. The molecule has 1 fully saturated rings. The summed E-state index contributed by atoms with van der Waals surface area (Å²) in [5.74, 6) is -1.09. The summed E-state index contributed by atoms with van der Waals surface area (Å²) >= 11 is 1.41. The normalized spacial score (nSPS) is 16.1. The van der Waals surface area contributed by atoms with E-state index >= 15 is 0 Å². The average molecular weight is 317 g/mol. The molecule has 3 amide bonds. The van der Waals surface area contributed by atoms with E-state index in [0.29, 0.717) is 4.80 Å². The van der Waals surface area contributed by atoms with Crippen LogP contribution in [0.25, 0.3) is 10.2 Å². The number of aryl methyl sites for hydroxylation is 2. The summed E-state index contributed by atoms with van der Waals surface area (Å²) in [5, 5.41) is 0. The molecule has 0 saturated carbocycles. The van der Waals surface area contributed by atoms with Crippen molar-refractivity contribution in [3.05, 3.63) is 28.6 Å². The Bertz CT molecular complexity index is 847. The minimum atomic E-state index is -0.484. The average Bonchev–Trinajstić information content (AvgIpc) is 2.93. The first-order chi connectivity index (χ1) is 10.5. The van der Waals surface area contributed by atoms with Gasteiger partial charge in [-0.15, -0.1) is 0 Å². The number of carbonyl (C=O) groups excluding carboxylic acids is 3. The number of fused-ring (bicyclic) bond motifs is 1. The number of nitrogens with zero attached hydrogens (tertiary/aromatic N) is 3. The molecule has 1 aliphatic rings. The fourth-order valence-corrected chi connectivity index (χ4v) is 3.56. The van der Waals surface area contributed by atoms with Crippen LogP contribution in [0, 0.1) is 6.92 Å². The third-order valence-electron chi connectivity index (χ3n) is 3.63. The Hall–Kier alpha value is -2.28. The van der Waals surface area contributed by atoms with Gasteiger partial charge in [-0.25, -0.2) is 0 Å². The van der Waals surface area contributed by atoms with E-state index in [1.165, 1.54) is 11.3 Å². The number of hydrogen-bond acceptors (Lipinski definition) is 4. The zero-order chi connectivity index (χ0) is 15.9. The van der Waals surface area contributed by atoms with Gasteiger partial charge in [0.2, 0.25) is 11.8 Å². The third-order valence-corrected chi connectivity index (χ3v) is 4.73. The van der Waals surface area contributed by atoms with Crippen LogP contribution in [0.1, 0.15) is 18.4 Å². The van der Waals surface area contributed by atoms with E-state index in [1.807, 2.05) is 36.7 Å². The molecule has 1 aromatic carbocycles. The molecular weight excluding hydrogens is 302 g/mol. The Kier molecular flexibility index (Phi) is 3.66. The maximum absolute atomic E-state index is 12.0. The van der Waals surface area contributed by atoms with E-state index in [9.17, 15) is 14.4 Å². The fourth-order valence-electron chi connectivity index (χ4n) is 2.42. The zero-order valence-electron chi connectivity index (χ0n) is 12.3. The van der Waals surface area contributed by atoms with Gasteiger partial charge < -0.3 is 4.57 Å². The predicted octanol–water partition coefficient (Wildman–Crippen LogP) is 1.12. The van der Waals surface area contributed by atoms with Crippen LogP contribution in [0.3, 0.4) is 0 Å². The van der Waals surface area contributed by atoms with Gasteiger partial charge in [-0.3, -0.25) is 19.3 Å². The number of benzene rings is 1. The highest BCUT2D eigenvalue weighted by Gasteiger charge is 2.30. The van der Waals surface area contributed by atoms with Crippen LogP contribution in [-0.4, -0.2) is 33.7 Å². The second-order valence-corrected chi connectivity index (χ2v) is 6.30. The van der Waals surface area contributed by atoms with Gasteiger partial charge in [0.05, 0.1) is 10.2 Å². The lowest BCUT2D eigenvalue weighted by atomic mass is 10.2. The molecule has 6 nitrogen and oxygen atoms in total. The molecule has 0 atom stereocenters. The van der Waals surface area contributed by atoms with E-state index < -0.39 is 5.91 Å². The number of hydrogen-bond donors (Lipinski definition) is 0. The van der Waals surface area contributed by atoms with Gasteiger partial charge in [-0.2, -0.15) is 4.99 Å². The first-order valence-corrected chi connectivity index (χ1v) is 7.74. The van der Waals surface area contributed by atoms with Crippen molar-refractivity contribution in [2.24, 2.45) is 12.0 Å². The SMILES string of the molecule is Cc1ccc2c(c1)sc(=NC(=O)CN1C(=O)CCC1=O)n2C. The Labute approximate surface area is 130 Å². The lowest BCUT2D eigenvalue weighted by Gasteiger charge is -2.09. The summed E-state index contributed by atoms with van der Waals surface area (Å²) in [6.07, 6.45) is 0.365. The number of imide groups is 1. The van der Waals surface area contributed by atoms with Gasteiger partial charge >= 0.3 is 0 Å². The number of carbonyl (C=O) groups is 3. The van der Waals surface area contributed by atoms with Crippen LogP contribution in [0.15, 0.2) is 23.2 Å². The highest BCUT2D eigenvalue weighted by atomic mass is 32.1.